The summed E-state index contributed by atoms with van der Waals surface area (Å²) in [7, 11) is 0. The summed E-state index contributed by atoms with van der Waals surface area (Å²) in [4.78, 5) is 0. The molecule has 0 N–H and O–H groups in total. The topological polar surface area (TPSA) is 0 Å². The fourth-order valence-electron chi connectivity index (χ4n) is 0.385. The van der Waals surface area contributed by atoms with Crippen molar-refractivity contribution in [3.8, 4) is 0 Å². The minimum absolute atomic E-state index is 0.167. The van der Waals surface area contributed by atoms with Gasteiger partial charge in [-0.2, -0.15) is 0 Å². The van der Waals surface area contributed by atoms with Crippen LogP contribution >= 0.6 is 23.2 Å². The third-order valence-corrected chi connectivity index (χ3v) is 1.50. The molecule has 0 bridgehead atoms. The molecule has 0 saturated carbocycles. The summed E-state index contributed by atoms with van der Waals surface area (Å²) in [5, 5.41) is 0.812. The molecular weight excluding hydrogens is 143 g/mol. The fourth-order valence-corrected chi connectivity index (χ4v) is 0.836. The first-order chi connectivity index (χ1) is 3.66. The van der Waals surface area contributed by atoms with E-state index >= 15 is 0 Å². The first-order valence-electron chi connectivity index (χ1n) is 2.64. The van der Waals surface area contributed by atoms with E-state index in [1.54, 1.807) is 0 Å². The molecule has 0 aliphatic rings. The van der Waals surface area contributed by atoms with Crippen molar-refractivity contribution in [3.63, 3.8) is 0 Å². The molecule has 0 saturated heterocycles. The lowest BCUT2D eigenvalue weighted by Crippen LogP contribution is -1.93. The van der Waals surface area contributed by atoms with E-state index in [0.29, 0.717) is 5.03 Å². The summed E-state index contributed by atoms with van der Waals surface area (Å²) < 4.78 is 0. The van der Waals surface area contributed by atoms with Crippen molar-refractivity contribution in [2.75, 3.05) is 0 Å². The minimum atomic E-state index is 0.167. The van der Waals surface area contributed by atoms with Gasteiger partial charge in [0.15, 0.2) is 0 Å². The second kappa shape index (κ2) is 4.22. The Kier molecular flexibility index (Phi) is 4.39. The Morgan fingerprint density at radius 2 is 2.25 bits per heavy atom. The number of halogens is 2. The van der Waals surface area contributed by atoms with Gasteiger partial charge in [-0.15, -0.1) is 11.6 Å². The van der Waals surface area contributed by atoms with E-state index in [0.717, 1.165) is 12.8 Å². The molecule has 8 heavy (non-hydrogen) atoms. The van der Waals surface area contributed by atoms with Gasteiger partial charge in [-0.3, -0.25) is 0 Å². The van der Waals surface area contributed by atoms with Gasteiger partial charge in [0.2, 0.25) is 0 Å². The standard InChI is InChI=1S/C6H10Cl2/c1-3-6(8)4-5(2)7/h6H,2-4H2,1H3. The highest BCUT2D eigenvalue weighted by Crippen LogP contribution is 2.14. The van der Waals surface area contributed by atoms with Gasteiger partial charge >= 0.3 is 0 Å². The van der Waals surface area contributed by atoms with Crippen LogP contribution in [0, 0.1) is 0 Å². The molecule has 0 amide bonds. The first-order valence-corrected chi connectivity index (χ1v) is 3.45. The number of hydrogen-bond donors (Lipinski definition) is 0. The van der Waals surface area contributed by atoms with Crippen LogP contribution in [0.25, 0.3) is 0 Å². The van der Waals surface area contributed by atoms with E-state index < -0.39 is 0 Å². The quantitative estimate of drug-likeness (QED) is 0.546. The first kappa shape index (κ1) is 8.32. The van der Waals surface area contributed by atoms with Gasteiger partial charge < -0.3 is 0 Å². The van der Waals surface area contributed by atoms with E-state index in [1.807, 2.05) is 6.92 Å². The highest BCUT2D eigenvalue weighted by Gasteiger charge is 2.00. The summed E-state index contributed by atoms with van der Waals surface area (Å²) in [5.74, 6) is 0. The van der Waals surface area contributed by atoms with Gasteiger partial charge in [-0.25, -0.2) is 0 Å². The van der Waals surface area contributed by atoms with Gasteiger partial charge in [-0.05, 0) is 12.8 Å². The maximum atomic E-state index is 5.71. The lowest BCUT2D eigenvalue weighted by molar-refractivity contribution is 0.819. The lowest BCUT2D eigenvalue weighted by Gasteiger charge is -2.01. The molecule has 1 unspecified atom stereocenters. The Morgan fingerprint density at radius 3 is 2.38 bits per heavy atom. The Morgan fingerprint density at radius 1 is 1.75 bits per heavy atom. The van der Waals surface area contributed by atoms with Crippen molar-refractivity contribution < 1.29 is 0 Å². The second-order valence-electron chi connectivity index (χ2n) is 1.73. The van der Waals surface area contributed by atoms with E-state index in [1.165, 1.54) is 0 Å². The highest BCUT2D eigenvalue weighted by atomic mass is 35.5. The van der Waals surface area contributed by atoms with Gasteiger partial charge in [0, 0.05) is 10.4 Å². The molecule has 0 aromatic heterocycles. The molecule has 0 rings (SSSR count). The molecule has 0 heterocycles. The zero-order chi connectivity index (χ0) is 6.57. The molecule has 0 nitrogen and oxygen atoms in total. The van der Waals surface area contributed by atoms with Gasteiger partial charge in [0.25, 0.3) is 0 Å². The van der Waals surface area contributed by atoms with Crippen LogP contribution in [0.5, 0.6) is 0 Å². The maximum absolute atomic E-state index is 5.71. The molecule has 48 valence electrons. The Balaban J connectivity index is 3.24. The molecule has 0 aliphatic carbocycles. The normalized spacial score (nSPS) is 13.4. The Bertz CT molecular complexity index is 78.6. The van der Waals surface area contributed by atoms with E-state index in [-0.39, 0.29) is 5.38 Å². The average Bonchev–Trinajstić information content (AvgIpc) is 1.65. The molecular formula is C6H10Cl2. The summed E-state index contributed by atoms with van der Waals surface area (Å²) >= 11 is 11.2. The molecule has 0 radical (unpaired) electrons. The monoisotopic (exact) mass is 152 g/mol. The summed E-state index contributed by atoms with van der Waals surface area (Å²) in [5.41, 5.74) is 0. The average molecular weight is 153 g/mol. The largest absolute Gasteiger partial charge is 0.123 e. The number of rotatable bonds is 3. The predicted molar refractivity (Wildman–Crippen MR) is 39.5 cm³/mol. The number of alkyl halides is 1. The van der Waals surface area contributed by atoms with Crippen LogP contribution in [-0.2, 0) is 0 Å². The van der Waals surface area contributed by atoms with E-state index in [9.17, 15) is 0 Å². The third kappa shape index (κ3) is 4.48. The van der Waals surface area contributed by atoms with E-state index in [2.05, 4.69) is 6.58 Å². The SMILES string of the molecule is C=C(Cl)CC(Cl)CC. The summed E-state index contributed by atoms with van der Waals surface area (Å²) in [6.45, 7) is 5.55. The van der Waals surface area contributed by atoms with Crippen LogP contribution in [0.3, 0.4) is 0 Å². The van der Waals surface area contributed by atoms with Crippen LogP contribution in [-0.4, -0.2) is 5.38 Å². The highest BCUT2D eigenvalue weighted by molar-refractivity contribution is 6.30. The van der Waals surface area contributed by atoms with Crippen LogP contribution < -0.4 is 0 Å². The summed E-state index contributed by atoms with van der Waals surface area (Å²) in [6, 6.07) is 0. The van der Waals surface area contributed by atoms with Crippen molar-refractivity contribution in [1.82, 2.24) is 0 Å². The minimum Gasteiger partial charge on any atom is -0.123 e. The van der Waals surface area contributed by atoms with Crippen LogP contribution in [0.1, 0.15) is 19.8 Å². The molecule has 2 heteroatoms. The fraction of sp³-hybridized carbons (Fsp3) is 0.667. The van der Waals surface area contributed by atoms with Gasteiger partial charge in [-0.1, -0.05) is 25.1 Å². The maximum Gasteiger partial charge on any atom is 0.0382 e. The zero-order valence-corrected chi connectivity index (χ0v) is 6.47. The van der Waals surface area contributed by atoms with Crippen molar-refractivity contribution in [2.45, 2.75) is 25.1 Å². The van der Waals surface area contributed by atoms with Crippen LogP contribution in [0.15, 0.2) is 11.6 Å². The zero-order valence-electron chi connectivity index (χ0n) is 4.95. The van der Waals surface area contributed by atoms with Crippen molar-refractivity contribution in [3.05, 3.63) is 11.6 Å². The summed E-state index contributed by atoms with van der Waals surface area (Å²) in [6.07, 6.45) is 1.67. The molecule has 0 aromatic rings. The van der Waals surface area contributed by atoms with Crippen molar-refractivity contribution in [1.29, 1.82) is 0 Å². The van der Waals surface area contributed by atoms with Gasteiger partial charge in [0.1, 0.15) is 0 Å². The third-order valence-electron chi connectivity index (χ3n) is 0.886. The predicted octanol–water partition coefficient (Wildman–Crippen LogP) is 3.15. The van der Waals surface area contributed by atoms with Crippen molar-refractivity contribution >= 4 is 23.2 Å². The number of allylic oxidation sites excluding steroid dienone is 1. The van der Waals surface area contributed by atoms with Crippen molar-refractivity contribution in [2.24, 2.45) is 0 Å². The lowest BCUT2D eigenvalue weighted by atomic mass is 10.2. The Hall–Kier alpha value is 0.320. The molecule has 0 aliphatic heterocycles. The molecule has 0 fully saturated rings. The van der Waals surface area contributed by atoms with Crippen LogP contribution in [0.2, 0.25) is 0 Å². The van der Waals surface area contributed by atoms with Crippen LogP contribution in [0.4, 0.5) is 0 Å². The molecule has 0 aromatic carbocycles. The van der Waals surface area contributed by atoms with Gasteiger partial charge in [0.05, 0.1) is 0 Å². The smallest absolute Gasteiger partial charge is 0.0382 e. The Labute approximate surface area is 60.5 Å². The van der Waals surface area contributed by atoms with E-state index in [4.69, 9.17) is 23.2 Å². The molecule has 1 atom stereocenters. The second-order valence-corrected chi connectivity index (χ2v) is 2.88. The molecule has 0 spiro atoms. The number of hydrogen-bond acceptors (Lipinski definition) is 0.